The highest BCUT2D eigenvalue weighted by atomic mass is 35.5. The number of hydrogen-bond donors (Lipinski definition) is 1. The second-order valence-electron chi connectivity index (χ2n) is 2.37. The molecule has 0 saturated heterocycles. The molecule has 0 aliphatic rings. The molecule has 64 valence electrons. The van der Waals surface area contributed by atoms with Crippen LogP contribution < -0.4 is 5.73 Å². The van der Waals surface area contributed by atoms with Crippen molar-refractivity contribution in [3.8, 4) is 11.8 Å². The summed E-state index contributed by atoms with van der Waals surface area (Å²) in [5.74, 6) is 5.76. The van der Waals surface area contributed by atoms with E-state index in [4.69, 9.17) is 5.73 Å². The highest BCUT2D eigenvalue weighted by molar-refractivity contribution is 5.85. The van der Waals surface area contributed by atoms with Crippen LogP contribution in [0.4, 0.5) is 0 Å². The summed E-state index contributed by atoms with van der Waals surface area (Å²) in [7, 11) is 0. The van der Waals surface area contributed by atoms with Crippen LogP contribution in [0.15, 0.2) is 24.3 Å². The van der Waals surface area contributed by atoms with Gasteiger partial charge in [-0.2, -0.15) is 0 Å². The maximum Gasteiger partial charge on any atom is 0.0555 e. The van der Waals surface area contributed by atoms with Crippen molar-refractivity contribution in [3.05, 3.63) is 35.4 Å². The second kappa shape index (κ2) is 5.65. The summed E-state index contributed by atoms with van der Waals surface area (Å²) in [6.45, 7) is 2.48. The van der Waals surface area contributed by atoms with Crippen LogP contribution in [0.5, 0.6) is 0 Å². The number of nitrogens with two attached hydrogens (primary N) is 1. The van der Waals surface area contributed by atoms with Gasteiger partial charge in [-0.15, -0.1) is 12.4 Å². The van der Waals surface area contributed by atoms with Gasteiger partial charge in [-0.25, -0.2) is 0 Å². The van der Waals surface area contributed by atoms with Crippen LogP contribution in [0.25, 0.3) is 0 Å². The Kier molecular flexibility index (Phi) is 5.19. The maximum atomic E-state index is 5.23. The topological polar surface area (TPSA) is 26.0 Å². The van der Waals surface area contributed by atoms with Crippen molar-refractivity contribution in [2.24, 2.45) is 5.73 Å². The Morgan fingerprint density at radius 1 is 1.25 bits per heavy atom. The number of halogens is 1. The van der Waals surface area contributed by atoms with Gasteiger partial charge in [0, 0.05) is 5.56 Å². The van der Waals surface area contributed by atoms with E-state index >= 15 is 0 Å². The van der Waals surface area contributed by atoms with Crippen molar-refractivity contribution in [1.29, 1.82) is 0 Å². The van der Waals surface area contributed by atoms with Crippen LogP contribution in [-0.2, 0) is 0 Å². The van der Waals surface area contributed by atoms with Gasteiger partial charge >= 0.3 is 0 Å². The largest absolute Gasteiger partial charge is 0.320 e. The fraction of sp³-hybridized carbons (Fsp3) is 0.200. The fourth-order valence-corrected chi connectivity index (χ4v) is 0.790. The average Bonchev–Trinajstić information content (AvgIpc) is 2.04. The first-order valence-corrected chi connectivity index (χ1v) is 3.58. The normalized spacial score (nSPS) is 7.83. The third-order valence-corrected chi connectivity index (χ3v) is 1.39. The third kappa shape index (κ3) is 3.43. The van der Waals surface area contributed by atoms with Crippen molar-refractivity contribution in [3.63, 3.8) is 0 Å². The SMILES string of the molecule is Cc1ccc(C#CCN)cc1.Cl. The van der Waals surface area contributed by atoms with E-state index in [9.17, 15) is 0 Å². The number of rotatable bonds is 0. The zero-order valence-electron chi connectivity index (χ0n) is 7.00. The summed E-state index contributed by atoms with van der Waals surface area (Å²) in [5, 5.41) is 0. The van der Waals surface area contributed by atoms with Crippen molar-refractivity contribution >= 4 is 12.4 Å². The van der Waals surface area contributed by atoms with Gasteiger partial charge in [0.05, 0.1) is 6.54 Å². The molecule has 0 amide bonds. The summed E-state index contributed by atoms with van der Waals surface area (Å²) in [6.07, 6.45) is 0. The van der Waals surface area contributed by atoms with Gasteiger partial charge in [-0.3, -0.25) is 0 Å². The molecule has 1 aromatic carbocycles. The zero-order chi connectivity index (χ0) is 8.10. The van der Waals surface area contributed by atoms with Crippen molar-refractivity contribution in [1.82, 2.24) is 0 Å². The first kappa shape index (κ1) is 11.0. The molecule has 0 radical (unpaired) electrons. The minimum Gasteiger partial charge on any atom is -0.320 e. The molecule has 0 aliphatic heterocycles. The van der Waals surface area contributed by atoms with E-state index in [-0.39, 0.29) is 12.4 Å². The summed E-state index contributed by atoms with van der Waals surface area (Å²) in [4.78, 5) is 0. The Labute approximate surface area is 79.4 Å². The number of aryl methyl sites for hydroxylation is 1. The molecule has 1 nitrogen and oxygen atoms in total. The van der Waals surface area contributed by atoms with Crippen LogP contribution in [-0.4, -0.2) is 6.54 Å². The molecule has 2 heteroatoms. The van der Waals surface area contributed by atoms with Crippen LogP contribution in [0.1, 0.15) is 11.1 Å². The van der Waals surface area contributed by atoms with E-state index < -0.39 is 0 Å². The van der Waals surface area contributed by atoms with E-state index in [2.05, 4.69) is 18.8 Å². The molecular formula is C10H12ClN. The lowest BCUT2D eigenvalue weighted by Crippen LogP contribution is -1.92. The van der Waals surface area contributed by atoms with E-state index in [1.54, 1.807) is 0 Å². The first-order valence-electron chi connectivity index (χ1n) is 3.58. The van der Waals surface area contributed by atoms with Gasteiger partial charge in [0.15, 0.2) is 0 Å². The number of hydrogen-bond acceptors (Lipinski definition) is 1. The average molecular weight is 182 g/mol. The lowest BCUT2D eigenvalue weighted by atomic mass is 10.2. The molecule has 2 N–H and O–H groups in total. The minimum absolute atomic E-state index is 0. The quantitative estimate of drug-likeness (QED) is 0.607. The number of benzene rings is 1. The molecule has 0 bridgehead atoms. The maximum absolute atomic E-state index is 5.23. The molecule has 0 unspecified atom stereocenters. The third-order valence-electron chi connectivity index (χ3n) is 1.39. The van der Waals surface area contributed by atoms with Gasteiger partial charge in [0.1, 0.15) is 0 Å². The molecule has 1 rings (SSSR count). The molecule has 0 aromatic heterocycles. The molecule has 0 heterocycles. The Morgan fingerprint density at radius 3 is 2.33 bits per heavy atom. The predicted octanol–water partition coefficient (Wildman–Crippen LogP) is 1.73. The minimum atomic E-state index is 0. The fourth-order valence-electron chi connectivity index (χ4n) is 0.790. The lowest BCUT2D eigenvalue weighted by Gasteiger charge is -1.90. The Balaban J connectivity index is 0.00000121. The van der Waals surface area contributed by atoms with Crippen LogP contribution in [0, 0.1) is 18.8 Å². The highest BCUT2D eigenvalue weighted by Crippen LogP contribution is 2.00. The van der Waals surface area contributed by atoms with Crippen LogP contribution >= 0.6 is 12.4 Å². The second-order valence-corrected chi connectivity index (χ2v) is 2.37. The van der Waals surface area contributed by atoms with Gasteiger partial charge in [0.25, 0.3) is 0 Å². The highest BCUT2D eigenvalue weighted by Gasteiger charge is 1.83. The molecule has 12 heavy (non-hydrogen) atoms. The van der Waals surface area contributed by atoms with Crippen LogP contribution in [0.2, 0.25) is 0 Å². The monoisotopic (exact) mass is 181 g/mol. The summed E-state index contributed by atoms with van der Waals surface area (Å²) in [6, 6.07) is 8.08. The van der Waals surface area contributed by atoms with Gasteiger partial charge in [0.2, 0.25) is 0 Å². The predicted molar refractivity (Wildman–Crippen MR) is 54.4 cm³/mol. The lowest BCUT2D eigenvalue weighted by molar-refractivity contribution is 1.30. The first-order chi connectivity index (χ1) is 5.33. The Morgan fingerprint density at radius 2 is 1.83 bits per heavy atom. The van der Waals surface area contributed by atoms with Crippen molar-refractivity contribution < 1.29 is 0 Å². The summed E-state index contributed by atoms with van der Waals surface area (Å²) >= 11 is 0. The van der Waals surface area contributed by atoms with Gasteiger partial charge in [-0.1, -0.05) is 29.5 Å². The molecule has 0 atom stereocenters. The molecule has 1 aromatic rings. The Hall–Kier alpha value is -0.970. The Bertz CT molecular complexity index is 279. The zero-order valence-corrected chi connectivity index (χ0v) is 7.82. The van der Waals surface area contributed by atoms with Crippen LogP contribution in [0.3, 0.4) is 0 Å². The molecule has 0 saturated carbocycles. The summed E-state index contributed by atoms with van der Waals surface area (Å²) < 4.78 is 0. The van der Waals surface area contributed by atoms with E-state index in [0.717, 1.165) is 5.56 Å². The molecular weight excluding hydrogens is 170 g/mol. The molecule has 0 spiro atoms. The van der Waals surface area contributed by atoms with E-state index in [0.29, 0.717) is 6.54 Å². The molecule has 0 aliphatic carbocycles. The smallest absolute Gasteiger partial charge is 0.0555 e. The van der Waals surface area contributed by atoms with Crippen molar-refractivity contribution in [2.45, 2.75) is 6.92 Å². The van der Waals surface area contributed by atoms with Gasteiger partial charge in [-0.05, 0) is 19.1 Å². The van der Waals surface area contributed by atoms with Crippen molar-refractivity contribution in [2.75, 3.05) is 6.54 Å². The standard InChI is InChI=1S/C10H11N.ClH/c1-9-4-6-10(7-5-9)3-2-8-11;/h4-7H,8,11H2,1H3;1H. The van der Waals surface area contributed by atoms with E-state index in [1.807, 2.05) is 24.3 Å². The van der Waals surface area contributed by atoms with E-state index in [1.165, 1.54) is 5.56 Å². The summed E-state index contributed by atoms with van der Waals surface area (Å²) in [5.41, 5.74) is 7.51. The van der Waals surface area contributed by atoms with Gasteiger partial charge < -0.3 is 5.73 Å². The molecule has 0 fully saturated rings.